The van der Waals surface area contributed by atoms with E-state index in [4.69, 9.17) is 0 Å². The van der Waals surface area contributed by atoms with Crippen LogP contribution in [0.15, 0.2) is 6.07 Å². The van der Waals surface area contributed by atoms with Crippen molar-refractivity contribution in [2.24, 2.45) is 5.41 Å². The maximum absolute atomic E-state index is 4.62. The van der Waals surface area contributed by atoms with Crippen molar-refractivity contribution < 1.29 is 0 Å². The number of hydrogen-bond donors (Lipinski definition) is 0. The van der Waals surface area contributed by atoms with Gasteiger partial charge in [-0.15, -0.1) is 0 Å². The Hall–Kier alpha value is -0.920. The van der Waals surface area contributed by atoms with Gasteiger partial charge < -0.3 is 0 Å². The smallest absolute Gasteiger partial charge is 0.0730 e. The van der Waals surface area contributed by atoms with Crippen LogP contribution < -0.4 is 0 Å². The van der Waals surface area contributed by atoms with Crippen LogP contribution in [0, 0.1) is 5.41 Å². The first kappa shape index (κ1) is 10.0. The first-order chi connectivity index (χ1) is 8.04. The van der Waals surface area contributed by atoms with E-state index in [1.165, 1.54) is 42.6 Å². The fourth-order valence-corrected chi connectivity index (χ4v) is 4.16. The Morgan fingerprint density at radius 2 is 1.88 bits per heavy atom. The van der Waals surface area contributed by atoms with Crippen LogP contribution in [0.5, 0.6) is 0 Å². The van der Waals surface area contributed by atoms with E-state index in [1.54, 1.807) is 0 Å². The van der Waals surface area contributed by atoms with Crippen LogP contribution in [-0.4, -0.2) is 10.2 Å². The Labute approximate surface area is 103 Å². The van der Waals surface area contributed by atoms with E-state index in [0.717, 1.165) is 11.8 Å². The molecule has 2 bridgehead atoms. The number of aromatic nitrogens is 2. The highest BCUT2D eigenvalue weighted by Gasteiger charge is 2.60. The van der Waals surface area contributed by atoms with Gasteiger partial charge in [0.15, 0.2) is 0 Å². The average Bonchev–Trinajstić information content (AvgIpc) is 3.07. The second kappa shape index (κ2) is 2.73. The third kappa shape index (κ3) is 1.03. The summed E-state index contributed by atoms with van der Waals surface area (Å²) in [5, 5.41) is 9.11. The van der Waals surface area contributed by atoms with Crippen LogP contribution in [0.2, 0.25) is 0 Å². The van der Waals surface area contributed by atoms with Crippen molar-refractivity contribution in [2.45, 2.75) is 63.7 Å². The highest BCUT2D eigenvalue weighted by Crippen LogP contribution is 2.67. The van der Waals surface area contributed by atoms with E-state index in [-0.39, 0.29) is 5.41 Å². The molecule has 2 saturated carbocycles. The van der Waals surface area contributed by atoms with Gasteiger partial charge in [-0.05, 0) is 48.6 Å². The first-order valence-electron chi connectivity index (χ1n) is 6.92. The number of rotatable bonds is 1. The molecule has 2 fully saturated rings. The largest absolute Gasteiger partial charge is 0.155 e. The summed E-state index contributed by atoms with van der Waals surface area (Å²) in [7, 11) is 0. The van der Waals surface area contributed by atoms with Crippen molar-refractivity contribution in [1.82, 2.24) is 10.2 Å². The Balaban J connectivity index is 1.90. The first-order valence-corrected chi connectivity index (χ1v) is 6.92. The fourth-order valence-electron chi connectivity index (χ4n) is 4.16. The molecule has 2 atom stereocenters. The van der Waals surface area contributed by atoms with E-state index >= 15 is 0 Å². The molecule has 2 nitrogen and oxygen atoms in total. The molecule has 2 heteroatoms. The van der Waals surface area contributed by atoms with Crippen LogP contribution in [0.4, 0.5) is 0 Å². The number of hydrogen-bond acceptors (Lipinski definition) is 2. The molecule has 17 heavy (non-hydrogen) atoms. The SMILES string of the molecule is CC1(C)[C@H]2CC[C@]1(C)c1nnc(C3CC3)cc12. The molecule has 0 spiro atoms. The minimum absolute atomic E-state index is 0.266. The lowest BCUT2D eigenvalue weighted by Gasteiger charge is -2.33. The van der Waals surface area contributed by atoms with E-state index in [0.29, 0.717) is 5.41 Å². The molecule has 90 valence electrons. The molecule has 0 unspecified atom stereocenters. The predicted molar refractivity (Wildman–Crippen MR) is 67.1 cm³/mol. The van der Waals surface area contributed by atoms with Gasteiger partial charge in [0.1, 0.15) is 0 Å². The van der Waals surface area contributed by atoms with Crippen molar-refractivity contribution in [2.75, 3.05) is 0 Å². The summed E-state index contributed by atoms with van der Waals surface area (Å²) in [6.07, 6.45) is 5.26. The van der Waals surface area contributed by atoms with Gasteiger partial charge in [-0.1, -0.05) is 20.8 Å². The molecular weight excluding hydrogens is 208 g/mol. The lowest BCUT2D eigenvalue weighted by Crippen LogP contribution is -2.32. The van der Waals surface area contributed by atoms with E-state index < -0.39 is 0 Å². The maximum Gasteiger partial charge on any atom is 0.0730 e. The molecule has 0 N–H and O–H groups in total. The normalized spacial score (nSPS) is 37.2. The Morgan fingerprint density at radius 3 is 2.59 bits per heavy atom. The molecular formula is C15H20N2. The van der Waals surface area contributed by atoms with Crippen molar-refractivity contribution in [3.05, 3.63) is 23.0 Å². The maximum atomic E-state index is 4.62. The van der Waals surface area contributed by atoms with Gasteiger partial charge in [0.05, 0.1) is 11.4 Å². The van der Waals surface area contributed by atoms with Gasteiger partial charge in [0.2, 0.25) is 0 Å². The molecule has 1 aromatic heterocycles. The molecule has 3 aliphatic carbocycles. The van der Waals surface area contributed by atoms with Crippen LogP contribution in [-0.2, 0) is 5.41 Å². The third-order valence-corrected chi connectivity index (χ3v) is 5.96. The van der Waals surface area contributed by atoms with Gasteiger partial charge in [-0.25, -0.2) is 0 Å². The van der Waals surface area contributed by atoms with E-state index in [2.05, 4.69) is 37.0 Å². The number of fused-ring (bicyclic) bond motifs is 5. The molecule has 1 aromatic rings. The summed E-state index contributed by atoms with van der Waals surface area (Å²) in [4.78, 5) is 0. The quantitative estimate of drug-likeness (QED) is 0.735. The molecule has 0 amide bonds. The van der Waals surface area contributed by atoms with Gasteiger partial charge in [-0.3, -0.25) is 0 Å². The van der Waals surface area contributed by atoms with Crippen LogP contribution in [0.25, 0.3) is 0 Å². The van der Waals surface area contributed by atoms with Crippen molar-refractivity contribution >= 4 is 0 Å². The summed E-state index contributed by atoms with van der Waals surface area (Å²) in [6.45, 7) is 7.23. The highest BCUT2D eigenvalue weighted by atomic mass is 15.1. The predicted octanol–water partition coefficient (Wildman–Crippen LogP) is 3.53. The minimum Gasteiger partial charge on any atom is -0.155 e. The van der Waals surface area contributed by atoms with Crippen molar-refractivity contribution in [3.8, 4) is 0 Å². The molecule has 3 aliphatic rings. The third-order valence-electron chi connectivity index (χ3n) is 5.96. The zero-order valence-electron chi connectivity index (χ0n) is 11.0. The van der Waals surface area contributed by atoms with Crippen LogP contribution in [0.3, 0.4) is 0 Å². The van der Waals surface area contributed by atoms with Crippen LogP contribution >= 0.6 is 0 Å². The summed E-state index contributed by atoms with van der Waals surface area (Å²) in [6, 6.07) is 2.39. The lowest BCUT2D eigenvalue weighted by atomic mass is 9.70. The molecule has 0 aromatic carbocycles. The Kier molecular flexibility index (Phi) is 1.61. The van der Waals surface area contributed by atoms with Crippen LogP contribution in [0.1, 0.15) is 75.2 Å². The van der Waals surface area contributed by atoms with E-state index in [9.17, 15) is 0 Å². The summed E-state index contributed by atoms with van der Waals surface area (Å²) < 4.78 is 0. The molecule has 1 heterocycles. The number of nitrogens with zero attached hydrogens (tertiary/aromatic N) is 2. The van der Waals surface area contributed by atoms with Crippen molar-refractivity contribution in [1.29, 1.82) is 0 Å². The van der Waals surface area contributed by atoms with Gasteiger partial charge in [0.25, 0.3) is 0 Å². The summed E-state index contributed by atoms with van der Waals surface area (Å²) in [5.74, 6) is 1.44. The topological polar surface area (TPSA) is 25.8 Å². The molecule has 0 aliphatic heterocycles. The second-order valence-corrected chi connectivity index (χ2v) is 6.99. The monoisotopic (exact) mass is 228 g/mol. The fraction of sp³-hybridized carbons (Fsp3) is 0.733. The Bertz CT molecular complexity index is 502. The zero-order chi connectivity index (χ0) is 11.8. The van der Waals surface area contributed by atoms with Crippen molar-refractivity contribution in [3.63, 3.8) is 0 Å². The second-order valence-electron chi connectivity index (χ2n) is 6.99. The lowest BCUT2D eigenvalue weighted by molar-refractivity contribution is 0.226. The Morgan fingerprint density at radius 1 is 1.12 bits per heavy atom. The van der Waals surface area contributed by atoms with Gasteiger partial charge >= 0.3 is 0 Å². The van der Waals surface area contributed by atoms with Gasteiger partial charge in [-0.2, -0.15) is 10.2 Å². The van der Waals surface area contributed by atoms with E-state index in [1.807, 2.05) is 0 Å². The average molecular weight is 228 g/mol. The highest BCUT2D eigenvalue weighted by molar-refractivity contribution is 5.45. The molecule has 0 saturated heterocycles. The summed E-state index contributed by atoms with van der Waals surface area (Å²) >= 11 is 0. The molecule has 0 radical (unpaired) electrons. The standard InChI is InChI=1S/C15H20N2/c1-14(2)11-6-7-15(14,3)13-10(11)8-12(16-17-13)9-4-5-9/h8-9,11H,4-7H2,1-3H3/t11-,15+/m0/s1. The molecule has 4 rings (SSSR count). The minimum atomic E-state index is 0.266. The summed E-state index contributed by atoms with van der Waals surface area (Å²) in [5.41, 5.74) is 4.73. The van der Waals surface area contributed by atoms with Gasteiger partial charge in [0, 0.05) is 11.3 Å². The zero-order valence-corrected chi connectivity index (χ0v) is 11.0.